The summed E-state index contributed by atoms with van der Waals surface area (Å²) in [7, 11) is 0. The summed E-state index contributed by atoms with van der Waals surface area (Å²) in [4.78, 5) is 16.3. The molecule has 0 saturated carbocycles. The minimum Gasteiger partial charge on any atom is -0.356 e. The monoisotopic (exact) mass is 344 g/mol. The molecule has 1 amide bonds. The van der Waals surface area contributed by atoms with Gasteiger partial charge in [-0.1, -0.05) is 28.1 Å². The number of hydrogen-bond acceptors (Lipinski definition) is 2. The molecule has 3 rings (SSSR count). The van der Waals surface area contributed by atoms with E-state index in [4.69, 9.17) is 0 Å². The summed E-state index contributed by atoms with van der Waals surface area (Å²) in [5.41, 5.74) is 3.74. The molecule has 0 bridgehead atoms. The van der Waals surface area contributed by atoms with Gasteiger partial charge in [-0.3, -0.25) is 9.78 Å². The molecular formula is C17H17BrN2O. The van der Waals surface area contributed by atoms with Gasteiger partial charge >= 0.3 is 0 Å². The van der Waals surface area contributed by atoms with Crippen LogP contribution in [0.15, 0.2) is 47.2 Å². The second-order valence-electron chi connectivity index (χ2n) is 5.42. The van der Waals surface area contributed by atoms with Crippen molar-refractivity contribution in [3.8, 4) is 0 Å². The number of pyridine rings is 1. The molecule has 1 N–H and O–H groups in total. The second kappa shape index (κ2) is 6.39. The van der Waals surface area contributed by atoms with Gasteiger partial charge in [0.2, 0.25) is 5.91 Å². The van der Waals surface area contributed by atoms with Gasteiger partial charge in [0.15, 0.2) is 0 Å². The van der Waals surface area contributed by atoms with E-state index >= 15 is 0 Å². The molecule has 1 unspecified atom stereocenters. The van der Waals surface area contributed by atoms with Crippen molar-refractivity contribution in [2.24, 2.45) is 5.92 Å². The van der Waals surface area contributed by atoms with Crippen molar-refractivity contribution >= 4 is 21.8 Å². The Hall–Kier alpha value is -1.68. The summed E-state index contributed by atoms with van der Waals surface area (Å²) in [6.07, 6.45) is 6.12. The highest BCUT2D eigenvalue weighted by molar-refractivity contribution is 9.10. The lowest BCUT2D eigenvalue weighted by Crippen LogP contribution is -2.32. The topological polar surface area (TPSA) is 42.0 Å². The molecule has 1 aromatic carbocycles. The predicted octanol–water partition coefficient (Wildman–Crippen LogP) is 2.92. The molecular weight excluding hydrogens is 328 g/mol. The van der Waals surface area contributed by atoms with Gasteiger partial charge in [-0.2, -0.15) is 0 Å². The highest BCUT2D eigenvalue weighted by Gasteiger charge is 2.27. The molecule has 0 aliphatic heterocycles. The molecule has 1 aliphatic rings. The van der Waals surface area contributed by atoms with E-state index in [1.165, 1.54) is 11.1 Å². The Bertz CT molecular complexity index is 642. The minimum atomic E-state index is 0.0724. The number of amides is 1. The van der Waals surface area contributed by atoms with Crippen LogP contribution in [0.4, 0.5) is 0 Å². The molecule has 2 aromatic rings. The summed E-state index contributed by atoms with van der Waals surface area (Å²) in [5, 5.41) is 3.04. The van der Waals surface area contributed by atoms with Gasteiger partial charge < -0.3 is 5.32 Å². The second-order valence-corrected chi connectivity index (χ2v) is 6.34. The zero-order chi connectivity index (χ0) is 14.7. The average Bonchev–Trinajstić information content (AvgIpc) is 2.91. The highest BCUT2D eigenvalue weighted by Crippen LogP contribution is 2.29. The number of benzene rings is 1. The van der Waals surface area contributed by atoms with Crippen LogP contribution in [0.1, 0.15) is 16.7 Å². The molecule has 1 heterocycles. The molecule has 1 aromatic heterocycles. The van der Waals surface area contributed by atoms with Crippen LogP contribution in [0, 0.1) is 5.92 Å². The smallest absolute Gasteiger partial charge is 0.223 e. The van der Waals surface area contributed by atoms with Crippen LogP contribution in [-0.2, 0) is 24.1 Å². The van der Waals surface area contributed by atoms with E-state index in [0.29, 0.717) is 6.54 Å². The zero-order valence-corrected chi connectivity index (χ0v) is 13.3. The van der Waals surface area contributed by atoms with Gasteiger partial charge in [0.05, 0.1) is 0 Å². The largest absolute Gasteiger partial charge is 0.356 e. The standard InChI is InChI=1S/C17H17BrN2O/c18-16-4-3-13-8-15(9-14(13)10-16)17(21)20-7-5-12-2-1-6-19-11-12/h1-4,6,10-11,15H,5,7-9H2,(H,20,21). The number of fused-ring (bicyclic) bond motifs is 1. The SMILES string of the molecule is O=C(NCCc1cccnc1)C1Cc2ccc(Br)cc2C1. The fourth-order valence-electron chi connectivity index (χ4n) is 2.79. The van der Waals surface area contributed by atoms with E-state index in [-0.39, 0.29) is 11.8 Å². The number of carbonyl (C=O) groups is 1. The van der Waals surface area contributed by atoms with Crippen LogP contribution in [0.25, 0.3) is 0 Å². The Balaban J connectivity index is 1.51. The maximum Gasteiger partial charge on any atom is 0.223 e. The summed E-state index contributed by atoms with van der Waals surface area (Å²) in [5.74, 6) is 0.231. The fourth-order valence-corrected chi connectivity index (χ4v) is 3.20. The van der Waals surface area contributed by atoms with Gasteiger partial charge in [0.25, 0.3) is 0 Å². The third kappa shape index (κ3) is 3.50. The van der Waals surface area contributed by atoms with E-state index in [2.05, 4.69) is 38.4 Å². The maximum absolute atomic E-state index is 12.3. The van der Waals surface area contributed by atoms with E-state index < -0.39 is 0 Å². The van der Waals surface area contributed by atoms with Crippen LogP contribution >= 0.6 is 15.9 Å². The van der Waals surface area contributed by atoms with Gasteiger partial charge in [0, 0.05) is 29.3 Å². The molecule has 0 fully saturated rings. The lowest BCUT2D eigenvalue weighted by Gasteiger charge is -2.10. The Morgan fingerprint density at radius 1 is 1.29 bits per heavy atom. The Kier molecular flexibility index (Phi) is 4.34. The van der Waals surface area contributed by atoms with Crippen molar-refractivity contribution in [3.05, 3.63) is 63.9 Å². The normalized spacial score (nSPS) is 16.5. The van der Waals surface area contributed by atoms with Crippen LogP contribution < -0.4 is 5.32 Å². The van der Waals surface area contributed by atoms with Gasteiger partial charge in [-0.05, 0) is 54.2 Å². The molecule has 3 nitrogen and oxygen atoms in total. The first kappa shape index (κ1) is 14.3. The van der Waals surface area contributed by atoms with Crippen LogP contribution in [0.5, 0.6) is 0 Å². The zero-order valence-electron chi connectivity index (χ0n) is 11.7. The van der Waals surface area contributed by atoms with Crippen molar-refractivity contribution in [1.82, 2.24) is 10.3 Å². The molecule has 1 aliphatic carbocycles. The van der Waals surface area contributed by atoms with Crippen LogP contribution in [0.2, 0.25) is 0 Å². The van der Waals surface area contributed by atoms with E-state index in [9.17, 15) is 4.79 Å². The van der Waals surface area contributed by atoms with Gasteiger partial charge in [-0.25, -0.2) is 0 Å². The molecule has 0 saturated heterocycles. The van der Waals surface area contributed by atoms with Crippen molar-refractivity contribution in [1.29, 1.82) is 0 Å². The lowest BCUT2D eigenvalue weighted by molar-refractivity contribution is -0.124. The van der Waals surface area contributed by atoms with Gasteiger partial charge in [0.1, 0.15) is 0 Å². The van der Waals surface area contributed by atoms with E-state index in [0.717, 1.165) is 29.3 Å². The van der Waals surface area contributed by atoms with E-state index in [1.807, 2.05) is 24.4 Å². The Labute approximate surface area is 132 Å². The summed E-state index contributed by atoms with van der Waals surface area (Å²) >= 11 is 3.48. The molecule has 1 atom stereocenters. The number of carbonyl (C=O) groups excluding carboxylic acids is 1. The number of nitrogens with one attached hydrogen (secondary N) is 1. The van der Waals surface area contributed by atoms with Crippen molar-refractivity contribution in [3.63, 3.8) is 0 Å². The average molecular weight is 345 g/mol. The molecule has 21 heavy (non-hydrogen) atoms. The molecule has 108 valence electrons. The number of hydrogen-bond donors (Lipinski definition) is 1. The summed E-state index contributed by atoms with van der Waals surface area (Å²) in [6, 6.07) is 10.2. The minimum absolute atomic E-state index is 0.0724. The van der Waals surface area contributed by atoms with Crippen LogP contribution in [0.3, 0.4) is 0 Å². The Morgan fingerprint density at radius 3 is 2.95 bits per heavy atom. The quantitative estimate of drug-likeness (QED) is 0.926. The first-order chi connectivity index (χ1) is 10.2. The Morgan fingerprint density at radius 2 is 2.14 bits per heavy atom. The van der Waals surface area contributed by atoms with Gasteiger partial charge in [-0.15, -0.1) is 0 Å². The molecule has 0 radical (unpaired) electrons. The number of rotatable bonds is 4. The summed E-state index contributed by atoms with van der Waals surface area (Å²) in [6.45, 7) is 0.668. The van der Waals surface area contributed by atoms with Crippen molar-refractivity contribution < 1.29 is 4.79 Å². The number of nitrogens with zero attached hydrogens (tertiary/aromatic N) is 1. The third-order valence-electron chi connectivity index (χ3n) is 3.91. The maximum atomic E-state index is 12.3. The fraction of sp³-hybridized carbons (Fsp3) is 0.294. The molecule has 4 heteroatoms. The predicted molar refractivity (Wildman–Crippen MR) is 86.0 cm³/mol. The molecule has 0 spiro atoms. The third-order valence-corrected chi connectivity index (χ3v) is 4.40. The lowest BCUT2D eigenvalue weighted by atomic mass is 10.1. The van der Waals surface area contributed by atoms with Crippen molar-refractivity contribution in [2.45, 2.75) is 19.3 Å². The first-order valence-electron chi connectivity index (χ1n) is 7.16. The first-order valence-corrected chi connectivity index (χ1v) is 7.95. The summed E-state index contributed by atoms with van der Waals surface area (Å²) < 4.78 is 1.08. The van der Waals surface area contributed by atoms with E-state index in [1.54, 1.807) is 6.20 Å². The highest BCUT2D eigenvalue weighted by atomic mass is 79.9. The number of halogens is 1. The number of aromatic nitrogens is 1. The van der Waals surface area contributed by atoms with Crippen LogP contribution in [-0.4, -0.2) is 17.4 Å². The van der Waals surface area contributed by atoms with Crippen molar-refractivity contribution in [2.75, 3.05) is 6.54 Å².